The maximum atomic E-state index is 4.83. The fourth-order valence-corrected chi connectivity index (χ4v) is 4.94. The van der Waals surface area contributed by atoms with E-state index in [-0.39, 0.29) is 0 Å². The lowest BCUT2D eigenvalue weighted by molar-refractivity contribution is 0.451. The Bertz CT molecular complexity index is 889. The van der Waals surface area contributed by atoms with Crippen molar-refractivity contribution >= 4 is 50.5 Å². The molecule has 0 unspecified atom stereocenters. The maximum Gasteiger partial charge on any atom is 0.0969 e. The second-order valence-corrected chi connectivity index (χ2v) is 8.80. The van der Waals surface area contributed by atoms with E-state index in [0.717, 1.165) is 55.7 Å². The molecule has 0 fully saturated rings. The molecule has 28 heavy (non-hydrogen) atoms. The van der Waals surface area contributed by atoms with Crippen molar-refractivity contribution in [3.8, 4) is 0 Å². The van der Waals surface area contributed by atoms with Gasteiger partial charge in [-0.1, -0.05) is 55.8 Å². The van der Waals surface area contributed by atoms with Crippen LogP contribution in [0.4, 0.5) is 0 Å². The van der Waals surface area contributed by atoms with Gasteiger partial charge in [0.25, 0.3) is 0 Å². The number of hydrogen-bond acceptors (Lipinski definition) is 5. The van der Waals surface area contributed by atoms with Crippen molar-refractivity contribution in [3.05, 3.63) is 83.4 Å². The van der Waals surface area contributed by atoms with Gasteiger partial charge in [0.2, 0.25) is 0 Å². The lowest BCUT2D eigenvalue weighted by Crippen LogP contribution is -2.45. The number of rotatable bonds is 7. The van der Waals surface area contributed by atoms with Crippen LogP contribution in [0, 0.1) is 0 Å². The average molecular weight is 444 g/mol. The highest BCUT2D eigenvalue weighted by atomic mass is 32.1. The molecule has 0 spiro atoms. The van der Waals surface area contributed by atoms with Crippen molar-refractivity contribution in [1.82, 2.24) is 5.32 Å². The van der Waals surface area contributed by atoms with Crippen molar-refractivity contribution in [2.45, 2.75) is 44.9 Å². The minimum atomic E-state index is -0.576. The quantitative estimate of drug-likeness (QED) is 0.159. The van der Waals surface area contributed by atoms with Crippen LogP contribution in [0.5, 0.6) is 0 Å². The van der Waals surface area contributed by atoms with E-state index in [0.29, 0.717) is 0 Å². The number of thiol groups is 4. The minimum Gasteiger partial charge on any atom is -0.300 e. The fourth-order valence-electron chi connectivity index (χ4n) is 3.56. The Labute approximate surface area is 190 Å². The molecule has 5 heteroatoms. The van der Waals surface area contributed by atoms with Crippen molar-refractivity contribution in [3.63, 3.8) is 0 Å². The first-order valence-corrected chi connectivity index (χ1v) is 11.1. The van der Waals surface area contributed by atoms with Crippen LogP contribution in [-0.4, -0.2) is 6.54 Å². The molecular formula is C23H25NS4. The molecule has 146 valence electrons. The third-order valence-electron chi connectivity index (χ3n) is 4.90. The van der Waals surface area contributed by atoms with Gasteiger partial charge < -0.3 is 0 Å². The lowest BCUT2D eigenvalue weighted by atomic mass is 9.76. The molecule has 0 radical (unpaired) electrons. The van der Waals surface area contributed by atoms with E-state index in [1.54, 1.807) is 0 Å². The summed E-state index contributed by atoms with van der Waals surface area (Å²) in [6.45, 7) is 3.07. The van der Waals surface area contributed by atoms with Gasteiger partial charge in [-0.05, 0) is 53.9 Å². The van der Waals surface area contributed by atoms with Gasteiger partial charge in [0.1, 0.15) is 0 Å². The van der Waals surface area contributed by atoms with E-state index in [9.17, 15) is 0 Å². The second-order valence-electron chi connectivity index (χ2n) is 6.80. The summed E-state index contributed by atoms with van der Waals surface area (Å²) in [5, 5.41) is 3.86. The van der Waals surface area contributed by atoms with Gasteiger partial charge >= 0.3 is 0 Å². The van der Waals surface area contributed by atoms with Crippen LogP contribution < -0.4 is 5.32 Å². The zero-order valence-electron chi connectivity index (χ0n) is 15.8. The monoisotopic (exact) mass is 443 g/mol. The van der Waals surface area contributed by atoms with Crippen LogP contribution in [0.25, 0.3) is 0 Å². The first kappa shape index (κ1) is 21.7. The molecule has 3 aromatic rings. The third kappa shape index (κ3) is 4.44. The second kappa shape index (κ2) is 9.68. The van der Waals surface area contributed by atoms with E-state index >= 15 is 0 Å². The van der Waals surface area contributed by atoms with Gasteiger partial charge in [0.15, 0.2) is 0 Å². The molecule has 0 bridgehead atoms. The molecule has 0 saturated heterocycles. The van der Waals surface area contributed by atoms with Gasteiger partial charge in [-0.15, -0.1) is 50.5 Å². The van der Waals surface area contributed by atoms with Crippen molar-refractivity contribution in [2.75, 3.05) is 6.54 Å². The molecular weight excluding hydrogens is 419 g/mol. The van der Waals surface area contributed by atoms with E-state index in [4.69, 9.17) is 25.3 Å². The molecule has 0 amide bonds. The van der Waals surface area contributed by atoms with E-state index in [1.807, 2.05) is 30.3 Å². The number of benzene rings is 3. The molecule has 0 atom stereocenters. The van der Waals surface area contributed by atoms with E-state index in [1.165, 1.54) is 0 Å². The topological polar surface area (TPSA) is 12.0 Å². The molecule has 3 rings (SSSR count). The number of nitrogens with one attached hydrogen (secondary N) is 1. The number of hydrogen-bond donors (Lipinski definition) is 5. The van der Waals surface area contributed by atoms with Crippen molar-refractivity contribution in [2.24, 2.45) is 0 Å². The molecule has 0 aliphatic carbocycles. The van der Waals surface area contributed by atoms with Crippen LogP contribution in [0.15, 0.2) is 86.3 Å². The third-order valence-corrected chi connectivity index (χ3v) is 6.19. The molecule has 3 aromatic carbocycles. The summed E-state index contributed by atoms with van der Waals surface area (Å²) in [5.41, 5.74) is 2.74. The summed E-state index contributed by atoms with van der Waals surface area (Å²) >= 11 is 18.7. The molecule has 0 saturated carbocycles. The summed E-state index contributed by atoms with van der Waals surface area (Å²) in [4.78, 5) is 3.56. The Morgan fingerprint density at radius 1 is 0.750 bits per heavy atom. The zero-order chi connectivity index (χ0) is 20.1. The highest BCUT2D eigenvalue weighted by molar-refractivity contribution is 7.81. The molecule has 1 nitrogen and oxygen atoms in total. The zero-order valence-corrected chi connectivity index (χ0v) is 19.3. The minimum absolute atomic E-state index is 0.576. The lowest BCUT2D eigenvalue weighted by Gasteiger charge is -2.39. The summed E-state index contributed by atoms with van der Waals surface area (Å²) in [6, 6.07) is 22.7. The van der Waals surface area contributed by atoms with Crippen LogP contribution in [0.3, 0.4) is 0 Å². The average Bonchev–Trinajstić information content (AvgIpc) is 2.67. The Morgan fingerprint density at radius 2 is 1.29 bits per heavy atom. The molecule has 0 heterocycles. The largest absolute Gasteiger partial charge is 0.300 e. The summed E-state index contributed by atoms with van der Waals surface area (Å²) in [6.07, 6.45) is 2.19. The predicted molar refractivity (Wildman–Crippen MR) is 131 cm³/mol. The summed E-state index contributed by atoms with van der Waals surface area (Å²) in [7, 11) is 0. The van der Waals surface area contributed by atoms with Gasteiger partial charge in [-0.2, -0.15) is 0 Å². The van der Waals surface area contributed by atoms with Gasteiger partial charge in [-0.25, -0.2) is 0 Å². The Hall–Kier alpha value is -0.980. The SMILES string of the molecule is CCCCNC(c1ccccc1)(c1ccc(S)cc1S)c1ccc(S)cc1S. The van der Waals surface area contributed by atoms with Gasteiger partial charge in [0, 0.05) is 19.6 Å². The highest BCUT2D eigenvalue weighted by Gasteiger charge is 2.38. The fraction of sp³-hybridized carbons (Fsp3) is 0.217. The number of unbranched alkanes of at least 4 members (excludes halogenated alkanes) is 1. The normalized spacial score (nSPS) is 11.6. The Morgan fingerprint density at radius 3 is 1.75 bits per heavy atom. The van der Waals surface area contributed by atoms with Crippen molar-refractivity contribution < 1.29 is 0 Å². The van der Waals surface area contributed by atoms with Crippen LogP contribution >= 0.6 is 50.5 Å². The summed E-state index contributed by atoms with van der Waals surface area (Å²) < 4.78 is 0. The van der Waals surface area contributed by atoms with Gasteiger partial charge in [-0.3, -0.25) is 5.32 Å². The van der Waals surface area contributed by atoms with Crippen molar-refractivity contribution in [1.29, 1.82) is 0 Å². The first-order valence-electron chi connectivity index (χ1n) is 9.34. The molecule has 0 aromatic heterocycles. The Kier molecular flexibility index (Phi) is 7.51. The molecule has 1 N–H and O–H groups in total. The maximum absolute atomic E-state index is 4.83. The standard InChI is InChI=1S/C23H25NS4/c1-2-3-13-24-23(16-7-5-4-6-8-16,19-11-9-17(25)14-21(19)27)20-12-10-18(26)15-22(20)28/h4-12,14-15,24-28H,2-3,13H2,1H3. The van der Waals surface area contributed by atoms with Gasteiger partial charge in [0.05, 0.1) is 5.54 Å². The molecule has 0 aliphatic rings. The highest BCUT2D eigenvalue weighted by Crippen LogP contribution is 2.43. The first-order chi connectivity index (χ1) is 13.5. The Balaban J connectivity index is 2.34. The van der Waals surface area contributed by atoms with Crippen LogP contribution in [-0.2, 0) is 5.54 Å². The van der Waals surface area contributed by atoms with E-state index < -0.39 is 5.54 Å². The smallest absolute Gasteiger partial charge is 0.0969 e. The van der Waals surface area contributed by atoms with Crippen LogP contribution in [0.1, 0.15) is 36.5 Å². The molecule has 0 aliphatic heterocycles. The predicted octanol–water partition coefficient (Wildman–Crippen LogP) is 6.52. The summed E-state index contributed by atoms with van der Waals surface area (Å²) in [5.74, 6) is 0. The van der Waals surface area contributed by atoms with Crippen LogP contribution in [0.2, 0.25) is 0 Å². The van der Waals surface area contributed by atoms with E-state index in [2.05, 4.69) is 73.9 Å².